The lowest BCUT2D eigenvalue weighted by Gasteiger charge is -1.94. The Labute approximate surface area is 130 Å². The van der Waals surface area contributed by atoms with Crippen LogP contribution in [0, 0.1) is 0 Å². The molecule has 0 aliphatic carbocycles. The van der Waals surface area contributed by atoms with Crippen molar-refractivity contribution >= 4 is 38.2 Å². The van der Waals surface area contributed by atoms with Gasteiger partial charge >= 0.3 is 0 Å². The molecule has 0 bridgehead atoms. The zero-order chi connectivity index (χ0) is 15.5. The van der Waals surface area contributed by atoms with E-state index in [-0.39, 0.29) is 0 Å². The van der Waals surface area contributed by atoms with Crippen LogP contribution in [0.15, 0.2) is 54.0 Å². The molecule has 2 heterocycles. The van der Waals surface area contributed by atoms with Crippen LogP contribution in [0.5, 0.6) is 0 Å². The lowest BCUT2D eigenvalue weighted by molar-refractivity contribution is -0.495. The van der Waals surface area contributed by atoms with Crippen molar-refractivity contribution in [3.05, 3.63) is 59.1 Å². The summed E-state index contributed by atoms with van der Waals surface area (Å²) >= 11 is 7.63. The van der Waals surface area contributed by atoms with Gasteiger partial charge in [0.25, 0.3) is 4.83 Å². The summed E-state index contributed by atoms with van der Waals surface area (Å²) in [5, 5.41) is 2.94. The highest BCUT2D eigenvalue weighted by Gasteiger charge is 2.13. The lowest BCUT2D eigenvalue weighted by Crippen LogP contribution is -2.19. The van der Waals surface area contributed by atoms with Gasteiger partial charge in [-0.05, 0) is 30.3 Å². The molecule has 0 spiro atoms. The first-order valence-corrected chi connectivity index (χ1v) is 8.29. The van der Waals surface area contributed by atoms with Crippen LogP contribution in [0.1, 0.15) is 0 Å². The zero-order valence-electron chi connectivity index (χ0n) is 10.5. The molecule has 0 aliphatic rings. The van der Waals surface area contributed by atoms with Crippen molar-refractivity contribution in [1.29, 1.82) is 0 Å². The number of rotatable bonds is 1. The molecule has 0 saturated heterocycles. The summed E-state index contributed by atoms with van der Waals surface area (Å²) in [6.45, 7) is 0. The van der Waals surface area contributed by atoms with E-state index in [1.807, 2.05) is 30.3 Å². The van der Waals surface area contributed by atoms with Gasteiger partial charge in [0, 0.05) is 22.7 Å². The molecule has 0 aliphatic heterocycles. The van der Waals surface area contributed by atoms with Crippen LogP contribution in [0.3, 0.4) is 0 Å². The molecule has 21 heavy (non-hydrogen) atoms. The second-order valence-electron chi connectivity index (χ2n) is 3.96. The highest BCUT2D eigenvalue weighted by atomic mass is 35.5. The number of benzene rings is 1. The average Bonchev–Trinajstić information content (AvgIpc) is 2.82. The maximum Gasteiger partial charge on any atom is 0.267 e. The van der Waals surface area contributed by atoms with Crippen molar-refractivity contribution in [2.45, 2.75) is 0 Å². The van der Waals surface area contributed by atoms with Crippen LogP contribution >= 0.6 is 22.9 Å². The summed E-state index contributed by atoms with van der Waals surface area (Å²) in [4.78, 5) is 1.24. The zero-order valence-corrected chi connectivity index (χ0v) is 12.9. The molecule has 3 rings (SSSR count). The molecule has 0 unspecified atom stereocenters. The fourth-order valence-electron chi connectivity index (χ4n) is 1.72. The minimum Gasteiger partial charge on any atom is -0.726 e. The van der Waals surface area contributed by atoms with Crippen molar-refractivity contribution in [3.63, 3.8) is 0 Å². The summed E-state index contributed by atoms with van der Waals surface area (Å²) in [6, 6.07) is 14.1. The van der Waals surface area contributed by atoms with E-state index in [9.17, 15) is 0 Å². The van der Waals surface area contributed by atoms with Gasteiger partial charge in [-0.15, -0.1) is 0 Å². The number of fused-ring (bicyclic) bond motifs is 1. The fraction of sp³-hybridized carbons (Fsp3) is 0. The second kappa shape index (κ2) is 6.50. The topological polar surface area (TPSA) is 81.5 Å². The number of aromatic nitrogens is 1. The highest BCUT2D eigenvalue weighted by Crippen LogP contribution is 2.22. The maximum atomic E-state index is 8.63. The summed E-state index contributed by atoms with van der Waals surface area (Å²) in [5.41, 5.74) is 2.39. The highest BCUT2D eigenvalue weighted by molar-refractivity contribution is 7.79. The van der Waals surface area contributed by atoms with Crippen molar-refractivity contribution in [1.82, 2.24) is 0 Å². The van der Waals surface area contributed by atoms with Gasteiger partial charge in [-0.2, -0.15) is 4.40 Å². The average molecular weight is 344 g/mol. The largest absolute Gasteiger partial charge is 0.726 e. The van der Waals surface area contributed by atoms with Gasteiger partial charge in [-0.3, -0.25) is 4.55 Å². The Hall–Kier alpha value is -1.51. The smallest absolute Gasteiger partial charge is 0.267 e. The summed E-state index contributed by atoms with van der Waals surface area (Å²) in [5.74, 6) is 0. The molecular weight excluding hydrogens is 334 g/mol. The number of halogens is 1. The van der Waals surface area contributed by atoms with Gasteiger partial charge in [-0.25, -0.2) is 8.42 Å². The molecule has 1 aromatic carbocycles. The molecule has 0 atom stereocenters. The number of hydrogen-bond donors (Lipinski definition) is 1. The first-order valence-electron chi connectivity index (χ1n) is 5.67. The minimum absolute atomic E-state index is 0.772. The van der Waals surface area contributed by atoms with E-state index in [0.717, 1.165) is 5.02 Å². The molecule has 110 valence electrons. The van der Waals surface area contributed by atoms with Crippen molar-refractivity contribution < 1.29 is 21.9 Å². The van der Waals surface area contributed by atoms with Crippen LogP contribution < -0.4 is 4.40 Å². The molecule has 0 saturated carbocycles. The monoisotopic (exact) mass is 343 g/mol. The van der Waals surface area contributed by atoms with E-state index in [2.05, 4.69) is 28.1 Å². The van der Waals surface area contributed by atoms with Crippen LogP contribution in [-0.4, -0.2) is 17.5 Å². The van der Waals surface area contributed by atoms with Crippen LogP contribution in [0.4, 0.5) is 0 Å². The summed E-state index contributed by atoms with van der Waals surface area (Å²) in [6.07, 6.45) is 2.08. The Bertz CT molecular complexity index is 836. The van der Waals surface area contributed by atoms with Crippen molar-refractivity contribution in [2.75, 3.05) is 0 Å². The third-order valence-corrected chi connectivity index (χ3v) is 3.68. The molecule has 0 amide bonds. The molecule has 5 nitrogen and oxygen atoms in total. The molecule has 1 N–H and O–H groups in total. The Morgan fingerprint density at radius 1 is 1.14 bits per heavy atom. The quantitative estimate of drug-likeness (QED) is 0.418. The number of thiazole rings is 1. The maximum absolute atomic E-state index is 8.63. The van der Waals surface area contributed by atoms with Gasteiger partial charge in [0.2, 0.25) is 16.1 Å². The molecular formula is C13H10ClNO4S2. The summed E-state index contributed by atoms with van der Waals surface area (Å²) < 4.78 is 35.0. The second-order valence-corrected chi connectivity index (χ2v) is 6.15. The normalized spacial score (nSPS) is 11.0. The SMILES string of the molecule is Clc1ccc(-c2csc3cccc[n+]23)cc1.O=S(=O)([O-])O. The minimum atomic E-state index is -4.92. The van der Waals surface area contributed by atoms with E-state index in [1.54, 1.807) is 11.3 Å². The van der Waals surface area contributed by atoms with Gasteiger partial charge < -0.3 is 4.55 Å². The van der Waals surface area contributed by atoms with Crippen LogP contribution in [0.2, 0.25) is 5.02 Å². The predicted octanol–water partition coefficient (Wildman–Crippen LogP) is 2.81. The van der Waals surface area contributed by atoms with Crippen LogP contribution in [0.25, 0.3) is 16.1 Å². The Balaban J connectivity index is 0.000000282. The molecule has 0 radical (unpaired) electrons. The molecule has 8 heteroatoms. The summed E-state index contributed by atoms with van der Waals surface area (Å²) in [7, 11) is -4.92. The van der Waals surface area contributed by atoms with Crippen molar-refractivity contribution in [3.8, 4) is 11.3 Å². The molecule has 0 fully saturated rings. The van der Waals surface area contributed by atoms with Crippen LogP contribution in [-0.2, 0) is 10.4 Å². The first-order chi connectivity index (χ1) is 9.84. The lowest BCUT2D eigenvalue weighted by atomic mass is 10.2. The molecule has 3 aromatic rings. The predicted molar refractivity (Wildman–Crippen MR) is 80.3 cm³/mol. The first kappa shape index (κ1) is 15.9. The Morgan fingerprint density at radius 2 is 1.76 bits per heavy atom. The Morgan fingerprint density at radius 3 is 2.38 bits per heavy atom. The van der Waals surface area contributed by atoms with E-state index in [0.29, 0.717) is 0 Å². The number of nitrogens with zero attached hydrogens (tertiary/aromatic N) is 1. The third-order valence-electron chi connectivity index (χ3n) is 2.51. The fourth-order valence-corrected chi connectivity index (χ4v) is 2.76. The standard InChI is InChI=1S/C13H9ClNS.H2O4S/c14-11-6-4-10(5-7-11)12-9-16-13-3-1-2-8-15(12)13;1-5(2,3)4/h1-9H;(H2,1,2,3,4)/q+1;/p-1. The van der Waals surface area contributed by atoms with Crippen molar-refractivity contribution in [2.24, 2.45) is 0 Å². The van der Waals surface area contributed by atoms with Gasteiger partial charge in [-0.1, -0.05) is 22.9 Å². The van der Waals surface area contributed by atoms with Gasteiger partial charge in [0.1, 0.15) is 0 Å². The Kier molecular flexibility index (Phi) is 4.92. The number of pyridine rings is 1. The number of hydrogen-bond acceptors (Lipinski definition) is 4. The van der Waals surface area contributed by atoms with E-state index in [4.69, 9.17) is 29.1 Å². The molecule has 2 aromatic heterocycles. The third kappa shape index (κ3) is 4.76. The van der Waals surface area contributed by atoms with E-state index < -0.39 is 10.4 Å². The van der Waals surface area contributed by atoms with E-state index >= 15 is 0 Å². The van der Waals surface area contributed by atoms with E-state index in [1.165, 1.54) is 16.1 Å². The van der Waals surface area contributed by atoms with Gasteiger partial charge in [0.05, 0.1) is 5.38 Å². The van der Waals surface area contributed by atoms with Gasteiger partial charge in [0.15, 0.2) is 6.20 Å².